The van der Waals surface area contributed by atoms with Gasteiger partial charge >= 0.3 is 17.4 Å². The fraction of sp³-hybridized carbons (Fsp3) is 0.154. The number of carbonyl (C=O) groups is 1. The van der Waals surface area contributed by atoms with Crippen LogP contribution in [0.2, 0.25) is 5.02 Å². The smallest absolute Gasteiger partial charge is 0.291 e. The van der Waals surface area contributed by atoms with Crippen molar-refractivity contribution in [2.45, 2.75) is 30.2 Å². The van der Waals surface area contributed by atoms with Gasteiger partial charge in [0.2, 0.25) is 11.1 Å². The van der Waals surface area contributed by atoms with Gasteiger partial charge in [0.05, 0.1) is 16.8 Å². The fourth-order valence-electron chi connectivity index (χ4n) is 4.28. The van der Waals surface area contributed by atoms with E-state index in [2.05, 4.69) is 10.1 Å². The molecule has 0 spiro atoms. The minimum atomic E-state index is -4.51. The first kappa shape index (κ1) is 25.0. The molecule has 0 saturated carbocycles. The summed E-state index contributed by atoms with van der Waals surface area (Å²) in [6.45, 7) is 1.36. The topological polar surface area (TPSA) is 69.9 Å². The van der Waals surface area contributed by atoms with Gasteiger partial charge in [-0.2, -0.15) is 13.2 Å². The third-order valence-corrected chi connectivity index (χ3v) is 7.24. The Balaban J connectivity index is 1.66. The van der Waals surface area contributed by atoms with Gasteiger partial charge in [-0.15, -0.1) is 0 Å². The van der Waals surface area contributed by atoms with E-state index in [-0.39, 0.29) is 16.8 Å². The average molecular weight is 544 g/mol. The van der Waals surface area contributed by atoms with Crippen molar-refractivity contribution in [1.82, 2.24) is 10.1 Å². The van der Waals surface area contributed by atoms with Gasteiger partial charge in [0.1, 0.15) is 0 Å². The summed E-state index contributed by atoms with van der Waals surface area (Å²) < 4.78 is 41.1. The first-order valence-electron chi connectivity index (χ1n) is 11.1. The molecule has 4 aromatic rings. The van der Waals surface area contributed by atoms with Crippen LogP contribution in [0.3, 0.4) is 0 Å². The van der Waals surface area contributed by atoms with Gasteiger partial charge in [-0.05, 0) is 52.7 Å². The lowest BCUT2D eigenvalue weighted by Gasteiger charge is -2.31. The van der Waals surface area contributed by atoms with Crippen LogP contribution in [0, 0.1) is 0 Å². The molecule has 37 heavy (non-hydrogen) atoms. The predicted molar refractivity (Wildman–Crippen MR) is 134 cm³/mol. The number of aromatic nitrogens is 3. The van der Waals surface area contributed by atoms with E-state index in [0.717, 1.165) is 17.7 Å². The molecule has 0 fully saturated rings. The molecule has 1 N–H and O–H groups in total. The molecule has 11 heteroatoms. The van der Waals surface area contributed by atoms with Crippen LogP contribution >= 0.6 is 23.4 Å². The Hall–Kier alpha value is -3.63. The third-order valence-electron chi connectivity index (χ3n) is 5.96. The molecule has 3 aromatic carbocycles. The number of hydrogen-bond donors (Lipinski definition) is 1. The summed E-state index contributed by atoms with van der Waals surface area (Å²) in [4.78, 5) is 30.5. The van der Waals surface area contributed by atoms with Crippen LogP contribution in [-0.2, 0) is 16.7 Å². The highest BCUT2D eigenvalue weighted by molar-refractivity contribution is 7.98. The Morgan fingerprint density at radius 1 is 1.08 bits per heavy atom. The highest BCUT2D eigenvalue weighted by atomic mass is 35.5. The van der Waals surface area contributed by atoms with Crippen LogP contribution < -0.4 is 15.1 Å². The van der Waals surface area contributed by atoms with Crippen LogP contribution in [0.4, 0.5) is 18.9 Å². The Kier molecular flexibility index (Phi) is 6.55. The molecule has 0 radical (unpaired) electrons. The van der Waals surface area contributed by atoms with Crippen molar-refractivity contribution in [2.75, 3.05) is 4.90 Å². The van der Waals surface area contributed by atoms with Crippen molar-refractivity contribution in [1.29, 1.82) is 0 Å². The second kappa shape index (κ2) is 9.68. The molecule has 5 rings (SSSR count). The van der Waals surface area contributed by atoms with Gasteiger partial charge in [0, 0.05) is 28.4 Å². The average Bonchev–Trinajstić information content (AvgIpc) is 2.86. The molecule has 0 saturated heterocycles. The second-order valence-electron chi connectivity index (χ2n) is 8.33. The van der Waals surface area contributed by atoms with Crippen molar-refractivity contribution < 1.29 is 22.6 Å². The zero-order chi connectivity index (χ0) is 26.3. The number of benzene rings is 3. The standard InChI is InChI=1S/C26H18ClF3N4O2S/c1-15(35)33-21-9-5-3-7-19(21)22-23(36)31-25(37-14-17-6-2-4-8-20(17)27)32-34(22)24(33)16-10-12-18(13-11-16)26(28,29)30/h2-13,24H,14H2,1H3/p+1. The lowest BCUT2D eigenvalue weighted by molar-refractivity contribution is -0.763. The first-order chi connectivity index (χ1) is 17.6. The number of carbonyl (C=O) groups excluding carboxylic acids is 1. The van der Waals surface area contributed by atoms with Crippen LogP contribution in [0.1, 0.15) is 29.8 Å². The van der Waals surface area contributed by atoms with Crippen LogP contribution in [-0.4, -0.2) is 16.0 Å². The zero-order valence-corrected chi connectivity index (χ0v) is 20.9. The largest absolute Gasteiger partial charge is 0.416 e. The number of para-hydroxylation sites is 1. The van der Waals surface area contributed by atoms with Crippen LogP contribution in [0.5, 0.6) is 0 Å². The Bertz CT molecular complexity index is 1560. The summed E-state index contributed by atoms with van der Waals surface area (Å²) in [6.07, 6.45) is -5.49. The Morgan fingerprint density at radius 2 is 1.76 bits per heavy atom. The third kappa shape index (κ3) is 4.74. The number of nitrogens with one attached hydrogen (secondary N) is 1. The predicted octanol–water partition coefficient (Wildman–Crippen LogP) is 5.60. The van der Waals surface area contributed by atoms with Gasteiger partial charge < -0.3 is 0 Å². The maximum absolute atomic E-state index is 13.4. The van der Waals surface area contributed by atoms with Gasteiger partial charge in [-0.25, -0.2) is 4.90 Å². The summed E-state index contributed by atoms with van der Waals surface area (Å²) in [7, 11) is 0. The summed E-state index contributed by atoms with van der Waals surface area (Å²) in [6, 6.07) is 18.6. The molecule has 1 aromatic heterocycles. The van der Waals surface area contributed by atoms with Crippen molar-refractivity contribution in [2.24, 2.45) is 0 Å². The Morgan fingerprint density at radius 3 is 2.43 bits per heavy atom. The van der Waals surface area contributed by atoms with E-state index >= 15 is 0 Å². The van der Waals surface area contributed by atoms with E-state index in [9.17, 15) is 22.8 Å². The summed E-state index contributed by atoms with van der Waals surface area (Å²) in [5.74, 6) is 0.0581. The van der Waals surface area contributed by atoms with E-state index in [1.807, 2.05) is 18.2 Å². The van der Waals surface area contributed by atoms with Crippen LogP contribution in [0.25, 0.3) is 11.3 Å². The molecular formula is C26H19ClF3N4O2S+. The number of nitrogens with zero attached hydrogens (tertiary/aromatic N) is 3. The molecular weight excluding hydrogens is 525 g/mol. The number of rotatable bonds is 4. The molecule has 188 valence electrons. The van der Waals surface area contributed by atoms with Gasteiger partial charge in [-0.3, -0.25) is 14.6 Å². The van der Waals surface area contributed by atoms with Crippen molar-refractivity contribution >= 4 is 35.0 Å². The SMILES string of the molecule is CC(=O)N1c2ccccc2-c2c(=O)[nH]c(SCc3ccccc3Cl)n[n+]2C1c1ccc(C(F)(F)F)cc1. The highest BCUT2D eigenvalue weighted by Gasteiger charge is 2.45. The number of thioether (sulfide) groups is 1. The van der Waals surface area contributed by atoms with E-state index < -0.39 is 23.5 Å². The van der Waals surface area contributed by atoms with Crippen molar-refractivity contribution in [3.05, 3.63) is 105 Å². The van der Waals surface area contributed by atoms with E-state index in [1.165, 1.54) is 40.4 Å². The lowest BCUT2D eigenvalue weighted by Crippen LogP contribution is -2.60. The number of hydrogen-bond acceptors (Lipinski definition) is 4. The second-order valence-corrected chi connectivity index (χ2v) is 9.70. The maximum Gasteiger partial charge on any atom is 0.416 e. The van der Waals surface area contributed by atoms with E-state index in [4.69, 9.17) is 11.6 Å². The minimum absolute atomic E-state index is 0.195. The van der Waals surface area contributed by atoms with Crippen molar-refractivity contribution in [3.63, 3.8) is 0 Å². The van der Waals surface area contributed by atoms with Gasteiger partial charge in [0.25, 0.3) is 6.17 Å². The number of alkyl halides is 3. The minimum Gasteiger partial charge on any atom is -0.291 e. The fourth-order valence-corrected chi connectivity index (χ4v) is 5.42. The van der Waals surface area contributed by atoms with Crippen LogP contribution in [0.15, 0.2) is 82.7 Å². The van der Waals surface area contributed by atoms with E-state index in [0.29, 0.717) is 27.6 Å². The molecule has 0 aliphatic carbocycles. The molecule has 6 nitrogen and oxygen atoms in total. The molecule has 1 atom stereocenters. The summed E-state index contributed by atoms with van der Waals surface area (Å²) in [5.41, 5.74) is 1.09. The number of aromatic amines is 1. The summed E-state index contributed by atoms with van der Waals surface area (Å²) in [5, 5.41) is 5.49. The monoisotopic (exact) mass is 543 g/mol. The number of halogens is 4. The van der Waals surface area contributed by atoms with Gasteiger partial charge in [0.15, 0.2) is 0 Å². The number of H-pyrrole nitrogens is 1. The van der Waals surface area contributed by atoms with Crippen molar-refractivity contribution in [3.8, 4) is 11.3 Å². The first-order valence-corrected chi connectivity index (χ1v) is 12.5. The molecule has 1 aliphatic heterocycles. The summed E-state index contributed by atoms with van der Waals surface area (Å²) >= 11 is 7.50. The quantitative estimate of drug-likeness (QED) is 0.269. The van der Waals surface area contributed by atoms with E-state index in [1.54, 1.807) is 30.3 Å². The highest BCUT2D eigenvalue weighted by Crippen LogP contribution is 2.38. The number of fused-ring (bicyclic) bond motifs is 3. The molecule has 1 amide bonds. The lowest BCUT2D eigenvalue weighted by atomic mass is 10.0. The molecule has 0 bridgehead atoms. The molecule has 2 heterocycles. The molecule has 1 aliphatic rings. The maximum atomic E-state index is 13.4. The number of anilines is 1. The Labute approximate surface area is 218 Å². The number of amides is 1. The zero-order valence-electron chi connectivity index (χ0n) is 19.3. The molecule has 1 unspecified atom stereocenters. The van der Waals surface area contributed by atoms with Gasteiger partial charge in [-0.1, -0.05) is 53.7 Å². The normalized spacial score (nSPS) is 14.7.